The summed E-state index contributed by atoms with van der Waals surface area (Å²) in [6, 6.07) is 0. The molecule has 0 aliphatic heterocycles. The van der Waals surface area contributed by atoms with Crippen LogP contribution in [0.3, 0.4) is 0 Å². The van der Waals surface area contributed by atoms with E-state index in [2.05, 4.69) is 10.6 Å². The summed E-state index contributed by atoms with van der Waals surface area (Å²) in [5.74, 6) is 1.11. The molecule has 0 unspecified atom stereocenters. The van der Waals surface area contributed by atoms with Crippen LogP contribution >= 0.6 is 11.8 Å². The Morgan fingerprint density at radius 1 is 1.29 bits per heavy atom. The number of hydrogen-bond donors (Lipinski definition) is 3. The second-order valence-corrected chi connectivity index (χ2v) is 3.78. The number of nitrogens with two attached hydrogens (primary N) is 1. The van der Waals surface area contributed by atoms with E-state index in [1.54, 1.807) is 0 Å². The quantitative estimate of drug-likeness (QED) is 0.476. The summed E-state index contributed by atoms with van der Waals surface area (Å²) >= 11 is 1.50. The normalized spacial score (nSPS) is 9.57. The van der Waals surface area contributed by atoms with Crippen LogP contribution in [0, 0.1) is 0 Å². The van der Waals surface area contributed by atoms with E-state index < -0.39 is 0 Å². The van der Waals surface area contributed by atoms with Crippen molar-refractivity contribution in [3.05, 3.63) is 0 Å². The maximum Gasteiger partial charge on any atom is 0.230 e. The molecule has 6 heteroatoms. The molecule has 0 aromatic heterocycles. The fourth-order valence-corrected chi connectivity index (χ4v) is 1.34. The van der Waals surface area contributed by atoms with Crippen molar-refractivity contribution in [2.24, 2.45) is 5.73 Å². The van der Waals surface area contributed by atoms with Crippen molar-refractivity contribution in [2.45, 2.75) is 6.92 Å². The summed E-state index contributed by atoms with van der Waals surface area (Å²) in [7, 11) is 0. The summed E-state index contributed by atoms with van der Waals surface area (Å²) in [6.45, 7) is 2.98. The third-order valence-electron chi connectivity index (χ3n) is 1.32. The number of thioether (sulfide) groups is 1. The number of amides is 2. The lowest BCUT2D eigenvalue weighted by atomic mass is 10.5. The van der Waals surface area contributed by atoms with Gasteiger partial charge in [0.2, 0.25) is 11.8 Å². The third-order valence-corrected chi connectivity index (χ3v) is 2.31. The molecule has 0 rings (SSSR count). The molecular weight excluding hydrogens is 202 g/mol. The van der Waals surface area contributed by atoms with Crippen LogP contribution in [0.4, 0.5) is 0 Å². The minimum Gasteiger partial charge on any atom is -0.355 e. The van der Waals surface area contributed by atoms with Crippen LogP contribution in [0.1, 0.15) is 6.92 Å². The van der Waals surface area contributed by atoms with Gasteiger partial charge in [-0.15, -0.1) is 0 Å². The summed E-state index contributed by atoms with van der Waals surface area (Å²) in [5, 5.41) is 5.27. The number of carbonyl (C=O) groups is 2. The Kier molecular flexibility index (Phi) is 8.36. The lowest BCUT2D eigenvalue weighted by Gasteiger charge is -2.04. The van der Waals surface area contributed by atoms with Gasteiger partial charge in [-0.1, -0.05) is 0 Å². The van der Waals surface area contributed by atoms with Crippen molar-refractivity contribution in [1.82, 2.24) is 10.6 Å². The number of rotatable bonds is 7. The molecule has 0 aliphatic carbocycles. The van der Waals surface area contributed by atoms with Crippen LogP contribution in [0.5, 0.6) is 0 Å². The van der Waals surface area contributed by atoms with Gasteiger partial charge in [0.15, 0.2) is 0 Å². The fourth-order valence-electron chi connectivity index (χ4n) is 0.740. The molecule has 0 aromatic carbocycles. The van der Waals surface area contributed by atoms with E-state index in [-0.39, 0.29) is 11.8 Å². The zero-order valence-electron chi connectivity index (χ0n) is 8.34. The van der Waals surface area contributed by atoms with Gasteiger partial charge >= 0.3 is 0 Å². The largest absolute Gasteiger partial charge is 0.355 e. The van der Waals surface area contributed by atoms with Crippen molar-refractivity contribution in [2.75, 3.05) is 31.1 Å². The average molecular weight is 219 g/mol. The van der Waals surface area contributed by atoms with E-state index in [1.165, 1.54) is 18.7 Å². The number of nitrogens with one attached hydrogen (secondary N) is 2. The molecule has 0 radical (unpaired) electrons. The zero-order valence-corrected chi connectivity index (χ0v) is 9.15. The van der Waals surface area contributed by atoms with Crippen LogP contribution < -0.4 is 16.4 Å². The molecule has 0 bridgehead atoms. The van der Waals surface area contributed by atoms with Gasteiger partial charge in [-0.3, -0.25) is 9.59 Å². The smallest absolute Gasteiger partial charge is 0.230 e. The monoisotopic (exact) mass is 219 g/mol. The maximum atomic E-state index is 11.1. The first kappa shape index (κ1) is 13.2. The molecule has 4 N–H and O–H groups in total. The van der Waals surface area contributed by atoms with E-state index in [0.717, 1.165) is 5.75 Å². The predicted molar refractivity (Wildman–Crippen MR) is 58.1 cm³/mol. The van der Waals surface area contributed by atoms with Gasteiger partial charge in [-0.2, -0.15) is 11.8 Å². The van der Waals surface area contributed by atoms with Gasteiger partial charge in [-0.25, -0.2) is 0 Å². The molecule has 0 aliphatic rings. The minimum absolute atomic E-state index is 0.0196. The standard InChI is InChI=1S/C8H17N3O2S/c1-7(12)10-3-4-11-8(13)6-14-5-2-9/h2-6,9H2,1H3,(H,10,12)(H,11,13). The van der Waals surface area contributed by atoms with Crippen LogP contribution in [0.25, 0.3) is 0 Å². The van der Waals surface area contributed by atoms with Crippen LogP contribution in [0.15, 0.2) is 0 Å². The average Bonchev–Trinajstić information content (AvgIpc) is 2.13. The molecule has 2 amide bonds. The van der Waals surface area contributed by atoms with Gasteiger partial charge in [0.05, 0.1) is 5.75 Å². The Labute approximate surface area is 88.2 Å². The van der Waals surface area contributed by atoms with E-state index in [0.29, 0.717) is 25.4 Å². The molecule has 0 saturated carbocycles. The van der Waals surface area contributed by atoms with Crippen molar-refractivity contribution in [1.29, 1.82) is 0 Å². The molecule has 14 heavy (non-hydrogen) atoms. The molecule has 0 saturated heterocycles. The van der Waals surface area contributed by atoms with Gasteiger partial charge in [0.25, 0.3) is 0 Å². The SMILES string of the molecule is CC(=O)NCCNC(=O)CSCCN. The molecule has 5 nitrogen and oxygen atoms in total. The van der Waals surface area contributed by atoms with Gasteiger partial charge in [0.1, 0.15) is 0 Å². The Balaban J connectivity index is 3.22. The number of hydrogen-bond acceptors (Lipinski definition) is 4. The molecular formula is C8H17N3O2S. The van der Waals surface area contributed by atoms with Gasteiger partial charge in [-0.05, 0) is 0 Å². The highest BCUT2D eigenvalue weighted by Crippen LogP contribution is 1.95. The van der Waals surface area contributed by atoms with E-state index in [9.17, 15) is 9.59 Å². The van der Waals surface area contributed by atoms with Crippen LogP contribution in [0.2, 0.25) is 0 Å². The minimum atomic E-state index is -0.0863. The summed E-state index contributed by atoms with van der Waals surface area (Å²) < 4.78 is 0. The maximum absolute atomic E-state index is 11.1. The summed E-state index contributed by atoms with van der Waals surface area (Å²) in [6.07, 6.45) is 0. The molecule has 0 aromatic rings. The first-order valence-corrected chi connectivity index (χ1v) is 5.61. The Bertz CT molecular complexity index is 187. The van der Waals surface area contributed by atoms with Gasteiger partial charge in [0, 0.05) is 32.3 Å². The van der Waals surface area contributed by atoms with E-state index in [1.807, 2.05) is 0 Å². The lowest BCUT2D eigenvalue weighted by Crippen LogP contribution is -2.34. The summed E-state index contributed by atoms with van der Waals surface area (Å²) in [5.41, 5.74) is 5.27. The molecule has 0 atom stereocenters. The highest BCUT2D eigenvalue weighted by Gasteiger charge is 1.99. The first-order chi connectivity index (χ1) is 6.66. The van der Waals surface area contributed by atoms with Crippen molar-refractivity contribution in [3.8, 4) is 0 Å². The Hall–Kier alpha value is -0.750. The predicted octanol–water partition coefficient (Wildman–Crippen LogP) is -1.07. The second kappa shape index (κ2) is 8.83. The molecule has 0 heterocycles. The second-order valence-electron chi connectivity index (χ2n) is 2.67. The fraction of sp³-hybridized carbons (Fsp3) is 0.750. The van der Waals surface area contributed by atoms with E-state index in [4.69, 9.17) is 5.73 Å². The highest BCUT2D eigenvalue weighted by molar-refractivity contribution is 7.99. The Morgan fingerprint density at radius 3 is 2.50 bits per heavy atom. The number of carbonyl (C=O) groups excluding carboxylic acids is 2. The van der Waals surface area contributed by atoms with Gasteiger partial charge < -0.3 is 16.4 Å². The van der Waals surface area contributed by atoms with Crippen molar-refractivity contribution >= 4 is 23.6 Å². The topological polar surface area (TPSA) is 84.2 Å². The summed E-state index contributed by atoms with van der Waals surface area (Å²) in [4.78, 5) is 21.5. The Morgan fingerprint density at radius 2 is 1.93 bits per heavy atom. The van der Waals surface area contributed by atoms with Crippen LogP contribution in [-0.2, 0) is 9.59 Å². The molecule has 82 valence electrons. The van der Waals surface area contributed by atoms with Crippen molar-refractivity contribution in [3.63, 3.8) is 0 Å². The van der Waals surface area contributed by atoms with E-state index >= 15 is 0 Å². The third kappa shape index (κ3) is 9.34. The first-order valence-electron chi connectivity index (χ1n) is 4.45. The van der Waals surface area contributed by atoms with Crippen molar-refractivity contribution < 1.29 is 9.59 Å². The molecule has 0 spiro atoms. The molecule has 0 fully saturated rings. The lowest BCUT2D eigenvalue weighted by molar-refractivity contribution is -0.120. The van der Waals surface area contributed by atoms with Crippen LogP contribution in [-0.4, -0.2) is 43.0 Å². The highest BCUT2D eigenvalue weighted by atomic mass is 32.2. The zero-order chi connectivity index (χ0) is 10.8.